The lowest BCUT2D eigenvalue weighted by Crippen LogP contribution is -2.43. The Labute approximate surface area is 757 Å². The van der Waals surface area contributed by atoms with E-state index in [1.54, 1.807) is 0 Å². The van der Waals surface area contributed by atoms with Crippen molar-refractivity contribution in [2.24, 2.45) is 0 Å². The van der Waals surface area contributed by atoms with Gasteiger partial charge < -0.3 is 101 Å². The summed E-state index contributed by atoms with van der Waals surface area (Å²) in [5, 5.41) is 59.9. The van der Waals surface area contributed by atoms with E-state index in [0.29, 0.717) is 64.3 Å². The minimum absolute atomic E-state index is 0. The Bertz CT molecular complexity index is 2640. The third-order valence-electron chi connectivity index (χ3n) is 15.7. The summed E-state index contributed by atoms with van der Waals surface area (Å²) in [7, 11) is 0.756. The lowest BCUT2D eigenvalue weighted by atomic mass is 10.2. The van der Waals surface area contributed by atoms with Crippen LogP contribution in [0.1, 0.15) is 230 Å². The van der Waals surface area contributed by atoms with Crippen LogP contribution in [0, 0.1) is 55.9 Å². The standard InChI is InChI=1S/C16H28NO3P.C16H28O3Si.C15H27N2O3P.C10H14O3.C9H22O2Si.C7H18Si.C6H10O2.4CH4O.8CH4/c1-8-10-12-19-21(17(14(3)4)15(5)6)20-13-16(7)18-11-9-2;1-16(2,3)20(4,5)19-13-15(17)12-18-11-14-9-7-6-8-10-14;1-8-10-18-15(6)12-20-21(19-11-9-16-7)17(13(2)3)14(4)5;11-6-10(12)8-13-7-9-4-2-1-3-5-9;1-8(10)7-11-12(5,6)9(2,3)4;1-7(2,3)8(4,5)6;1-3-4-8-6(2)5-7;4*1-2;;;;;;;;/h1-2,14-16H,10-13H2,3-7H3;6-10,15,17H,11-13H2,1-5H3;1,13-15H,9-12H2,2-6H3;1-5,10-12H,6-8H2;8,10H,7H2,1-6H3;1-6H3;1,6-7H,4-5H2,2H3;4*2H,1H3;8*1H4/t16-,21?;15-;15-,21?;10-;8-;;6-;;;;;;;;;;;;/m11101.1............/s1/i7D;;6D;;1D;;2D;4*2T;1T;1D;;;;;;. The van der Waals surface area contributed by atoms with Gasteiger partial charge in [0.25, 0.3) is 17.1 Å². The van der Waals surface area contributed by atoms with E-state index < -0.39 is 66.2 Å². The third-order valence-corrected chi connectivity index (χ3v) is 33.3. The SMILES string of the molecule is C.C.C.C.C.C.CC(C)(C)[Si](C)(C)C.CC(C)(C)[Si](C)(C)OC[C@H](O)COCc1ccccc1.OC[C@H](O)COCc1ccccc1.[2H]C.[2H]C[C@@H](O)CO[Si](C)(C)C(C)(C)C.[2H]C[C@H](CO)OCC#C.[2H]C[C@H](COP(OCCC#C)N(C(C)C)C(C)C)OCC#C.[2H]C[C@H](COP(OCC[N+]#[C-])N(C(C)C)C(C)C)OCC#C.[3H]C.[3H]OC.[3H]OC.[3H]OC.[3H]OC. The average Bonchev–Trinajstić information content (AvgIpc) is 0.858. The summed E-state index contributed by atoms with van der Waals surface area (Å²) < 4.78 is 129. The molecule has 0 aliphatic heterocycles. The molecule has 2 rings (SSSR count). The van der Waals surface area contributed by atoms with Crippen LogP contribution in [0.15, 0.2) is 60.7 Å². The first-order chi connectivity index (χ1) is 57.4. The highest BCUT2D eigenvalue weighted by atomic mass is 31.2. The minimum atomic E-state index is -1.79. The molecular weight excluding hydrogens is 1600 g/mol. The second kappa shape index (κ2) is 97.0. The van der Waals surface area contributed by atoms with Crippen LogP contribution in [0.3, 0.4) is 0 Å². The predicted molar refractivity (Wildman–Crippen MR) is 525 cm³/mol. The molecule has 0 fully saturated rings. The second-order valence-electron chi connectivity index (χ2n) is 30.1. The van der Waals surface area contributed by atoms with Crippen molar-refractivity contribution in [3.05, 3.63) is 83.2 Å². The molecule has 28 heteroatoms. The van der Waals surface area contributed by atoms with Crippen molar-refractivity contribution in [1.29, 1.82) is 5.72 Å². The third kappa shape index (κ3) is 95.3. The van der Waals surface area contributed by atoms with Crippen LogP contribution in [0.4, 0.5) is 0 Å². The fourth-order valence-corrected chi connectivity index (χ4v) is 11.8. The predicted octanol–water partition coefficient (Wildman–Crippen LogP) is 19.9. The number of ether oxygens (including phenoxy) is 5. The maximum atomic E-state index is 9.93. The van der Waals surface area contributed by atoms with Crippen LogP contribution in [-0.2, 0) is 63.8 Å². The van der Waals surface area contributed by atoms with Crippen LogP contribution in [0.2, 0.25) is 60.9 Å². The minimum Gasteiger partial charge on any atom is -0.414 e. The van der Waals surface area contributed by atoms with Gasteiger partial charge in [0, 0.05) is 75.3 Å². The number of aliphatic hydroxyl groups is 9. The number of nitrogens with zero attached hydrogens (tertiary/aromatic N) is 3. The van der Waals surface area contributed by atoms with Gasteiger partial charge in [0.15, 0.2) is 16.6 Å². The Morgan fingerprint density at radius 2 is 0.790 bits per heavy atom. The van der Waals surface area contributed by atoms with Crippen molar-refractivity contribution in [3.63, 3.8) is 0 Å². The van der Waals surface area contributed by atoms with Crippen molar-refractivity contribution >= 4 is 41.8 Å². The van der Waals surface area contributed by atoms with Crippen molar-refractivity contribution in [3.8, 4) is 49.4 Å². The smallest absolute Gasteiger partial charge is 0.259 e. The lowest BCUT2D eigenvalue weighted by Gasteiger charge is -2.36. The van der Waals surface area contributed by atoms with Gasteiger partial charge in [-0.25, -0.2) is 15.9 Å². The first kappa shape index (κ1) is 129. The van der Waals surface area contributed by atoms with Crippen LogP contribution in [0.25, 0.3) is 4.85 Å². The number of benzene rings is 2. The first-order valence-electron chi connectivity index (χ1n) is 43.4. The molecule has 9 N–H and O–H groups in total. The summed E-state index contributed by atoms with van der Waals surface area (Å²) in [6.45, 7) is 63.6. The van der Waals surface area contributed by atoms with Crippen molar-refractivity contribution in [2.45, 2.75) is 346 Å². The number of terminal acetylenes is 4. The molecule has 0 heterocycles. The van der Waals surface area contributed by atoms with Crippen molar-refractivity contribution in [1.82, 2.24) is 9.34 Å². The summed E-state index contributed by atoms with van der Waals surface area (Å²) in [5.74, 6) is 9.60. The number of hydrogen-bond acceptors (Lipinski definition) is 22. The highest BCUT2D eigenvalue weighted by molar-refractivity contribution is 7.44. The number of aliphatic hydroxyl groups excluding tert-OH is 9. The Kier molecular flexibility index (Phi) is 105. The van der Waals surface area contributed by atoms with Gasteiger partial charge in [-0.05, 0) is 135 Å². The molecule has 0 aliphatic rings. The lowest BCUT2D eigenvalue weighted by molar-refractivity contribution is 0.0000253. The Hall–Kier alpha value is -3.20. The van der Waals surface area contributed by atoms with Crippen molar-refractivity contribution < 1.29 is 105 Å². The van der Waals surface area contributed by atoms with Gasteiger partial charge >= 0.3 is 0 Å². The van der Waals surface area contributed by atoms with E-state index in [0.717, 1.165) is 11.1 Å². The van der Waals surface area contributed by atoms with E-state index in [1.165, 1.54) is 43.2 Å². The van der Waals surface area contributed by atoms with Gasteiger partial charge in [-0.3, -0.25) is 0 Å². The summed E-state index contributed by atoms with van der Waals surface area (Å²) in [6.07, 6.45) is 17.9. The summed E-state index contributed by atoms with van der Waals surface area (Å²) in [5.41, 5.74) is 2.18. The molecule has 2 aromatic carbocycles. The second-order valence-corrected chi connectivity index (χ2v) is 48.6. The first-order valence-corrected chi connectivity index (χ1v) is 48.6. The summed E-state index contributed by atoms with van der Waals surface area (Å²) in [4.78, 5) is 3.29. The topological polar surface area (TPSA) is 294 Å². The molecule has 23 nitrogen and oxygen atoms in total. The molecule has 2 unspecified atom stereocenters. The molecule has 0 aromatic heterocycles. The molecule has 0 saturated carbocycles. The Morgan fingerprint density at radius 3 is 1.05 bits per heavy atom. The normalized spacial score (nSPS) is 13.4. The number of rotatable bonds is 40. The molecule has 716 valence electrons. The van der Waals surface area contributed by atoms with Gasteiger partial charge in [0.1, 0.15) is 32.5 Å². The van der Waals surface area contributed by atoms with E-state index in [-0.39, 0.29) is 171 Å². The molecule has 0 spiro atoms. The summed E-state index contributed by atoms with van der Waals surface area (Å²) in [6, 6.07) is 20.7. The average molecular weight is 1810 g/mol. The summed E-state index contributed by atoms with van der Waals surface area (Å²) >= 11 is 0. The zero-order chi connectivity index (χ0) is 98.3. The zero-order valence-electron chi connectivity index (χ0n) is 85.8. The number of hydrogen-bond donors (Lipinski definition) is 9. The monoisotopic (exact) mass is 1810 g/mol. The Morgan fingerprint density at radius 1 is 0.479 bits per heavy atom. The van der Waals surface area contributed by atoms with E-state index in [9.17, 15) is 10.2 Å². The van der Waals surface area contributed by atoms with E-state index in [2.05, 4.69) is 222 Å². The molecule has 0 saturated heterocycles. The molecule has 8 atom stereocenters. The van der Waals surface area contributed by atoms with Gasteiger partial charge in [-0.15, -0.1) is 31.6 Å². The molecule has 2 aromatic rings. The molecule has 0 aliphatic carbocycles. The van der Waals surface area contributed by atoms with Crippen LogP contribution < -0.4 is 0 Å². The van der Waals surface area contributed by atoms with E-state index >= 15 is 0 Å². The van der Waals surface area contributed by atoms with Gasteiger partial charge in [-0.2, -0.15) is 0 Å². The fourth-order valence-electron chi connectivity index (χ4n) is 6.49. The highest BCUT2D eigenvalue weighted by Gasteiger charge is 2.39. The van der Waals surface area contributed by atoms with Gasteiger partial charge in [0.05, 0.1) is 103 Å². The van der Waals surface area contributed by atoms with E-state index in [1.807, 2.05) is 60.7 Å². The van der Waals surface area contributed by atoms with Crippen LogP contribution in [-0.4, -0.2) is 267 Å². The largest absolute Gasteiger partial charge is 0.414 e. The van der Waals surface area contributed by atoms with Crippen LogP contribution >= 0.6 is 17.1 Å². The Balaban J connectivity index is -0.0000000743. The maximum absolute atomic E-state index is 9.93. The van der Waals surface area contributed by atoms with Gasteiger partial charge in [0.2, 0.25) is 12.3 Å². The molecule has 0 amide bonds. The molecule has 119 heavy (non-hydrogen) atoms. The molecular formula is C91H195N3O20P2Si3. The van der Waals surface area contributed by atoms with E-state index in [4.69, 9.17) is 112 Å². The molecule has 0 bridgehead atoms. The fraction of sp³-hybridized carbons (Fsp3) is 0.769. The van der Waals surface area contributed by atoms with Gasteiger partial charge in [-0.1, -0.05) is 220 Å². The van der Waals surface area contributed by atoms with Crippen LogP contribution in [0.5, 0.6) is 0 Å². The molecule has 0 radical (unpaired) electrons. The highest BCUT2D eigenvalue weighted by Crippen LogP contribution is 2.47. The van der Waals surface area contributed by atoms with Crippen molar-refractivity contribution in [2.75, 3.05) is 121 Å². The maximum Gasteiger partial charge on any atom is 0.259 e. The quantitative estimate of drug-likeness (QED) is 0.00985. The zero-order valence-corrected chi connectivity index (χ0v) is 80.6.